The van der Waals surface area contributed by atoms with Gasteiger partial charge in [-0.2, -0.15) is 0 Å². The van der Waals surface area contributed by atoms with Crippen molar-refractivity contribution in [1.29, 1.82) is 0 Å². The summed E-state index contributed by atoms with van der Waals surface area (Å²) in [5.41, 5.74) is 23.5. The third kappa shape index (κ3) is 5.32. The highest BCUT2D eigenvalue weighted by molar-refractivity contribution is 5.01. The Kier molecular flexibility index (Phi) is 8.99. The second-order valence-corrected chi connectivity index (χ2v) is 8.79. The molecule has 0 aromatic heterocycles. The van der Waals surface area contributed by atoms with E-state index in [2.05, 4.69) is 0 Å². The fourth-order valence-corrected chi connectivity index (χ4v) is 4.40. The second-order valence-electron chi connectivity index (χ2n) is 8.79. The van der Waals surface area contributed by atoms with Crippen LogP contribution in [0, 0.1) is 0 Å². The van der Waals surface area contributed by atoms with Gasteiger partial charge >= 0.3 is 0 Å². The molecule has 3 rings (SSSR count). The highest BCUT2D eigenvalue weighted by atomic mass is 16.7. The van der Waals surface area contributed by atoms with E-state index < -0.39 is 98.4 Å². The van der Waals surface area contributed by atoms with E-state index in [1.165, 1.54) is 0 Å². The smallest absolute Gasteiger partial charge is 0.187 e. The summed E-state index contributed by atoms with van der Waals surface area (Å²) in [5, 5.41) is 70.9. The fraction of sp³-hybridized carbons (Fsp3) is 1.00. The molecule has 15 heteroatoms. The van der Waals surface area contributed by atoms with Crippen molar-refractivity contribution in [3.8, 4) is 0 Å². The Morgan fingerprint density at radius 2 is 1.18 bits per heavy atom. The van der Waals surface area contributed by atoms with Crippen LogP contribution in [0.5, 0.6) is 0 Å². The Morgan fingerprint density at radius 3 is 1.70 bits per heavy atom. The second kappa shape index (κ2) is 11.0. The van der Waals surface area contributed by atoms with Crippen molar-refractivity contribution < 1.29 is 54.7 Å². The molecule has 15 nitrogen and oxygen atoms in total. The van der Waals surface area contributed by atoms with Gasteiger partial charge in [-0.15, -0.1) is 0 Å². The minimum absolute atomic E-state index is 0.0849. The van der Waals surface area contributed by atoms with Gasteiger partial charge in [0.05, 0.1) is 12.6 Å². The van der Waals surface area contributed by atoms with Gasteiger partial charge in [0.2, 0.25) is 0 Å². The Bertz CT molecular complexity index is 584. The van der Waals surface area contributed by atoms with Gasteiger partial charge in [0.25, 0.3) is 0 Å². The first-order chi connectivity index (χ1) is 15.5. The zero-order valence-electron chi connectivity index (χ0n) is 17.9. The van der Waals surface area contributed by atoms with Crippen LogP contribution in [0.1, 0.15) is 6.42 Å². The van der Waals surface area contributed by atoms with Crippen LogP contribution in [0.15, 0.2) is 0 Å². The SMILES string of the molecule is NC[C@@H]1O[C@@H](O[C@H]2[C@H](O)[C@@H](O[C@@H]3O[C@@H](CO)[C@H](O)[C@@H](N)[C@@H]3O)[C@H](N)C[C@@H]2N)[C@@H](O)[C@H](O)[C@H]1O. The zero-order valence-corrected chi connectivity index (χ0v) is 17.9. The predicted molar refractivity (Wildman–Crippen MR) is 108 cm³/mol. The summed E-state index contributed by atoms with van der Waals surface area (Å²) >= 11 is 0. The molecule has 194 valence electrons. The maximum absolute atomic E-state index is 10.9. The number of ether oxygens (including phenoxy) is 4. The van der Waals surface area contributed by atoms with Crippen molar-refractivity contribution in [2.24, 2.45) is 22.9 Å². The van der Waals surface area contributed by atoms with Crippen molar-refractivity contribution >= 4 is 0 Å². The highest BCUT2D eigenvalue weighted by Gasteiger charge is 2.51. The molecule has 2 saturated heterocycles. The Hall–Kier alpha value is -0.600. The van der Waals surface area contributed by atoms with E-state index in [1.807, 2.05) is 0 Å². The Morgan fingerprint density at radius 1 is 0.667 bits per heavy atom. The lowest BCUT2D eigenvalue weighted by atomic mass is 9.84. The fourth-order valence-electron chi connectivity index (χ4n) is 4.40. The van der Waals surface area contributed by atoms with Gasteiger partial charge in [0, 0.05) is 18.6 Å². The number of hydrogen-bond acceptors (Lipinski definition) is 15. The molecule has 1 aliphatic carbocycles. The highest BCUT2D eigenvalue weighted by Crippen LogP contribution is 2.31. The standard InChI is InChI=1S/C18H36N4O11/c19-2-6-10(25)12(27)13(28)18(30-6)33-16-5(21)1-4(20)15(14(16)29)32-17-11(26)8(22)9(24)7(3-23)31-17/h4-18,23-29H,1-3,19-22H2/t4-,5+,6+,7+,8-,9+,10+,11+,12-,13+,14-,15+,16-,17+,18+/m1/s1. The van der Waals surface area contributed by atoms with Gasteiger partial charge in [0.15, 0.2) is 12.6 Å². The molecule has 15 N–H and O–H groups in total. The maximum Gasteiger partial charge on any atom is 0.187 e. The Balaban J connectivity index is 1.72. The average molecular weight is 485 g/mol. The van der Waals surface area contributed by atoms with E-state index in [1.54, 1.807) is 0 Å². The molecule has 0 bridgehead atoms. The largest absolute Gasteiger partial charge is 0.394 e. The van der Waals surface area contributed by atoms with E-state index in [4.69, 9.17) is 41.9 Å². The predicted octanol–water partition coefficient (Wildman–Crippen LogP) is -7.29. The Labute approximate surface area is 189 Å². The van der Waals surface area contributed by atoms with Gasteiger partial charge in [-0.3, -0.25) is 0 Å². The lowest BCUT2D eigenvalue weighted by Crippen LogP contribution is -2.68. The van der Waals surface area contributed by atoms with Crippen molar-refractivity contribution in [2.75, 3.05) is 13.2 Å². The molecule has 3 aliphatic rings. The number of aliphatic hydroxyl groups excluding tert-OH is 7. The topological polar surface area (TPSA) is 283 Å². The van der Waals surface area contributed by atoms with Crippen LogP contribution in [0.25, 0.3) is 0 Å². The molecule has 1 saturated carbocycles. The molecule has 0 unspecified atom stereocenters. The summed E-state index contributed by atoms with van der Waals surface area (Å²) in [6.45, 7) is -0.763. The van der Waals surface area contributed by atoms with Gasteiger partial charge < -0.3 is 77.6 Å². The molecule has 15 atom stereocenters. The summed E-state index contributed by atoms with van der Waals surface area (Å²) in [6, 6.07) is -2.86. The summed E-state index contributed by atoms with van der Waals surface area (Å²) in [5.74, 6) is 0. The summed E-state index contributed by atoms with van der Waals surface area (Å²) in [4.78, 5) is 0. The quantitative estimate of drug-likeness (QED) is 0.167. The van der Waals surface area contributed by atoms with Crippen LogP contribution in [-0.2, 0) is 18.9 Å². The molecular formula is C18H36N4O11. The summed E-state index contributed by atoms with van der Waals surface area (Å²) < 4.78 is 22.2. The first-order valence-electron chi connectivity index (χ1n) is 10.8. The monoisotopic (exact) mass is 484 g/mol. The first-order valence-corrected chi connectivity index (χ1v) is 10.8. The molecule has 0 aromatic carbocycles. The molecule has 0 spiro atoms. The lowest BCUT2D eigenvalue weighted by Gasteiger charge is -2.48. The van der Waals surface area contributed by atoms with Gasteiger partial charge in [-0.1, -0.05) is 0 Å². The molecule has 0 aromatic rings. The maximum atomic E-state index is 10.9. The van der Waals surface area contributed by atoms with Crippen molar-refractivity contribution in [1.82, 2.24) is 0 Å². The van der Waals surface area contributed by atoms with Crippen LogP contribution >= 0.6 is 0 Å². The molecular weight excluding hydrogens is 448 g/mol. The molecule has 0 amide bonds. The number of hydrogen-bond donors (Lipinski definition) is 11. The lowest BCUT2D eigenvalue weighted by molar-refractivity contribution is -0.332. The first kappa shape index (κ1) is 27.0. The number of aliphatic hydroxyl groups is 7. The van der Waals surface area contributed by atoms with Crippen LogP contribution in [0.2, 0.25) is 0 Å². The van der Waals surface area contributed by atoms with E-state index in [0.29, 0.717) is 0 Å². The van der Waals surface area contributed by atoms with E-state index in [0.717, 1.165) is 0 Å². The van der Waals surface area contributed by atoms with Crippen molar-refractivity contribution in [3.05, 3.63) is 0 Å². The zero-order chi connectivity index (χ0) is 24.6. The van der Waals surface area contributed by atoms with Crippen LogP contribution < -0.4 is 22.9 Å². The normalized spacial score (nSPS) is 53.7. The van der Waals surface area contributed by atoms with E-state index >= 15 is 0 Å². The van der Waals surface area contributed by atoms with Crippen molar-refractivity contribution in [3.63, 3.8) is 0 Å². The van der Waals surface area contributed by atoms with Gasteiger partial charge in [-0.25, -0.2) is 0 Å². The number of rotatable bonds is 6. The van der Waals surface area contributed by atoms with Gasteiger partial charge in [-0.05, 0) is 6.42 Å². The summed E-state index contributed by atoms with van der Waals surface area (Å²) in [7, 11) is 0. The van der Waals surface area contributed by atoms with E-state index in [-0.39, 0.29) is 13.0 Å². The molecule has 0 radical (unpaired) electrons. The molecule has 2 aliphatic heterocycles. The molecule has 33 heavy (non-hydrogen) atoms. The van der Waals surface area contributed by atoms with Crippen LogP contribution in [-0.4, -0.2) is 141 Å². The third-order valence-electron chi connectivity index (χ3n) is 6.48. The van der Waals surface area contributed by atoms with Crippen molar-refractivity contribution in [2.45, 2.75) is 98.2 Å². The molecule has 3 fully saturated rings. The third-order valence-corrected chi connectivity index (χ3v) is 6.48. The number of nitrogens with two attached hydrogens (primary N) is 4. The minimum Gasteiger partial charge on any atom is -0.394 e. The average Bonchev–Trinajstić information content (AvgIpc) is 2.79. The molecule has 2 heterocycles. The summed E-state index contributed by atoms with van der Waals surface area (Å²) in [6.07, 6.45) is -16.5. The van der Waals surface area contributed by atoms with Gasteiger partial charge in [0.1, 0.15) is 61.0 Å². The van der Waals surface area contributed by atoms with Crippen LogP contribution in [0.4, 0.5) is 0 Å². The van der Waals surface area contributed by atoms with Crippen LogP contribution in [0.3, 0.4) is 0 Å². The minimum atomic E-state index is -1.66. The van der Waals surface area contributed by atoms with E-state index in [9.17, 15) is 35.7 Å².